The minimum absolute atomic E-state index is 0.713. The number of methoxy groups -OCH3 is 1. The molecule has 0 aliphatic heterocycles. The molecule has 1 atom stereocenters. The largest absolute Gasteiger partial charge is 0.385 e. The van der Waals surface area contributed by atoms with E-state index < -0.39 is 8.07 Å². The summed E-state index contributed by atoms with van der Waals surface area (Å²) in [5.74, 6) is 0. The molecule has 1 aromatic carbocycles. The SMILES string of the molecule is COCC(Cc1ccccc1)[Si](C)(C)C. The molecule has 0 aliphatic rings. The van der Waals surface area contributed by atoms with Gasteiger partial charge in [-0.15, -0.1) is 0 Å². The van der Waals surface area contributed by atoms with E-state index in [0.29, 0.717) is 5.54 Å². The van der Waals surface area contributed by atoms with E-state index in [1.165, 1.54) is 5.56 Å². The lowest BCUT2D eigenvalue weighted by Gasteiger charge is -2.28. The zero-order valence-electron chi connectivity index (χ0n) is 10.3. The second kappa shape index (κ2) is 5.47. The molecule has 1 nitrogen and oxygen atoms in total. The van der Waals surface area contributed by atoms with E-state index in [0.717, 1.165) is 13.0 Å². The lowest BCUT2D eigenvalue weighted by atomic mass is 10.1. The van der Waals surface area contributed by atoms with Crippen LogP contribution in [0, 0.1) is 0 Å². The summed E-state index contributed by atoms with van der Waals surface area (Å²) in [5.41, 5.74) is 2.15. The van der Waals surface area contributed by atoms with Crippen LogP contribution in [0.2, 0.25) is 25.2 Å². The van der Waals surface area contributed by atoms with Crippen LogP contribution in [-0.4, -0.2) is 21.8 Å². The summed E-state index contributed by atoms with van der Waals surface area (Å²) in [6, 6.07) is 10.7. The van der Waals surface area contributed by atoms with Crippen molar-refractivity contribution in [2.75, 3.05) is 13.7 Å². The first-order chi connectivity index (χ1) is 7.04. The van der Waals surface area contributed by atoms with Gasteiger partial charge in [-0.05, 0) is 17.5 Å². The average Bonchev–Trinajstić information content (AvgIpc) is 2.17. The molecule has 0 saturated carbocycles. The zero-order valence-corrected chi connectivity index (χ0v) is 11.3. The number of ether oxygens (including phenoxy) is 1. The highest BCUT2D eigenvalue weighted by Crippen LogP contribution is 2.26. The van der Waals surface area contributed by atoms with E-state index in [4.69, 9.17) is 4.74 Å². The molecule has 2 heteroatoms. The summed E-state index contributed by atoms with van der Waals surface area (Å²) in [5, 5.41) is 0. The van der Waals surface area contributed by atoms with Crippen molar-refractivity contribution in [2.24, 2.45) is 0 Å². The topological polar surface area (TPSA) is 9.23 Å². The highest BCUT2D eigenvalue weighted by atomic mass is 28.3. The van der Waals surface area contributed by atoms with E-state index >= 15 is 0 Å². The number of rotatable bonds is 5. The van der Waals surface area contributed by atoms with Gasteiger partial charge in [0, 0.05) is 13.7 Å². The van der Waals surface area contributed by atoms with Crippen molar-refractivity contribution in [1.82, 2.24) is 0 Å². The second-order valence-corrected chi connectivity index (χ2v) is 10.8. The molecule has 0 fully saturated rings. The normalized spacial score (nSPS) is 13.9. The predicted octanol–water partition coefficient (Wildman–Crippen LogP) is 3.58. The molecular weight excluding hydrogens is 200 g/mol. The quantitative estimate of drug-likeness (QED) is 0.692. The van der Waals surface area contributed by atoms with E-state index in [-0.39, 0.29) is 0 Å². The standard InChI is InChI=1S/C13H22OSi/c1-14-11-13(15(2,3)4)10-12-8-6-5-7-9-12/h5-9,13H,10-11H2,1-4H3. The zero-order chi connectivity index (χ0) is 11.3. The lowest BCUT2D eigenvalue weighted by molar-refractivity contribution is 0.193. The maximum atomic E-state index is 5.34. The van der Waals surface area contributed by atoms with Gasteiger partial charge in [0.05, 0.1) is 8.07 Å². The molecule has 0 N–H and O–H groups in total. The van der Waals surface area contributed by atoms with Crippen molar-refractivity contribution in [1.29, 1.82) is 0 Å². The van der Waals surface area contributed by atoms with Crippen LogP contribution in [0.15, 0.2) is 30.3 Å². The molecular formula is C13H22OSi. The summed E-state index contributed by atoms with van der Waals surface area (Å²) >= 11 is 0. The fraction of sp³-hybridized carbons (Fsp3) is 0.538. The summed E-state index contributed by atoms with van der Waals surface area (Å²) in [4.78, 5) is 0. The molecule has 84 valence electrons. The fourth-order valence-corrected chi connectivity index (χ4v) is 3.23. The van der Waals surface area contributed by atoms with Crippen LogP contribution in [-0.2, 0) is 11.2 Å². The molecule has 1 unspecified atom stereocenters. The van der Waals surface area contributed by atoms with Gasteiger partial charge in [0.1, 0.15) is 0 Å². The third-order valence-electron chi connectivity index (χ3n) is 2.92. The minimum atomic E-state index is -1.12. The van der Waals surface area contributed by atoms with Gasteiger partial charge in [-0.1, -0.05) is 50.0 Å². The summed E-state index contributed by atoms with van der Waals surface area (Å²) in [7, 11) is 0.688. The van der Waals surface area contributed by atoms with Crippen LogP contribution in [0.1, 0.15) is 5.56 Å². The van der Waals surface area contributed by atoms with Gasteiger partial charge < -0.3 is 4.74 Å². The summed E-state index contributed by atoms with van der Waals surface area (Å²) < 4.78 is 5.34. The number of hydrogen-bond donors (Lipinski definition) is 0. The van der Waals surface area contributed by atoms with Gasteiger partial charge in [0.15, 0.2) is 0 Å². The molecule has 0 heterocycles. The molecule has 1 rings (SSSR count). The predicted molar refractivity (Wildman–Crippen MR) is 69.1 cm³/mol. The Morgan fingerprint density at radius 2 is 1.73 bits per heavy atom. The molecule has 15 heavy (non-hydrogen) atoms. The molecule has 0 bridgehead atoms. The van der Waals surface area contributed by atoms with Crippen molar-refractivity contribution in [3.05, 3.63) is 35.9 Å². The smallest absolute Gasteiger partial charge is 0.0504 e. The molecule has 0 aromatic heterocycles. The van der Waals surface area contributed by atoms with Gasteiger partial charge in [-0.25, -0.2) is 0 Å². The number of benzene rings is 1. The van der Waals surface area contributed by atoms with Crippen LogP contribution in [0.3, 0.4) is 0 Å². The first-order valence-corrected chi connectivity index (χ1v) is 9.14. The minimum Gasteiger partial charge on any atom is -0.385 e. The van der Waals surface area contributed by atoms with Crippen LogP contribution in [0.25, 0.3) is 0 Å². The van der Waals surface area contributed by atoms with Crippen molar-refractivity contribution in [2.45, 2.75) is 31.6 Å². The van der Waals surface area contributed by atoms with Crippen molar-refractivity contribution < 1.29 is 4.74 Å². The van der Waals surface area contributed by atoms with Crippen LogP contribution < -0.4 is 0 Å². The summed E-state index contributed by atoms with van der Waals surface area (Å²) in [6.45, 7) is 8.14. The highest BCUT2D eigenvalue weighted by Gasteiger charge is 2.26. The maximum absolute atomic E-state index is 5.34. The Bertz CT molecular complexity index is 276. The van der Waals surface area contributed by atoms with E-state index in [2.05, 4.69) is 50.0 Å². The second-order valence-electron chi connectivity index (χ2n) is 5.21. The Labute approximate surface area is 94.5 Å². The van der Waals surface area contributed by atoms with Crippen LogP contribution >= 0.6 is 0 Å². The van der Waals surface area contributed by atoms with Crippen molar-refractivity contribution in [3.8, 4) is 0 Å². The fourth-order valence-electron chi connectivity index (χ4n) is 1.71. The van der Waals surface area contributed by atoms with Gasteiger partial charge in [-0.3, -0.25) is 0 Å². The van der Waals surface area contributed by atoms with E-state index in [9.17, 15) is 0 Å². The molecule has 0 radical (unpaired) electrons. The highest BCUT2D eigenvalue weighted by molar-refractivity contribution is 6.77. The third-order valence-corrected chi connectivity index (χ3v) is 5.74. The van der Waals surface area contributed by atoms with Gasteiger partial charge in [0.2, 0.25) is 0 Å². The van der Waals surface area contributed by atoms with Gasteiger partial charge >= 0.3 is 0 Å². The molecule has 1 aromatic rings. The first-order valence-electron chi connectivity index (χ1n) is 5.57. The Kier molecular flexibility index (Phi) is 4.55. The average molecular weight is 222 g/mol. The van der Waals surface area contributed by atoms with E-state index in [1.807, 2.05) is 0 Å². The molecule has 0 amide bonds. The number of hydrogen-bond acceptors (Lipinski definition) is 1. The van der Waals surface area contributed by atoms with Crippen LogP contribution in [0.5, 0.6) is 0 Å². The lowest BCUT2D eigenvalue weighted by Crippen LogP contribution is -2.32. The molecule has 0 spiro atoms. The third kappa shape index (κ3) is 4.18. The Balaban J connectivity index is 2.67. The van der Waals surface area contributed by atoms with E-state index in [1.54, 1.807) is 7.11 Å². The Morgan fingerprint density at radius 3 is 2.20 bits per heavy atom. The first kappa shape index (κ1) is 12.5. The molecule has 0 aliphatic carbocycles. The molecule has 0 saturated heterocycles. The Morgan fingerprint density at radius 1 is 1.13 bits per heavy atom. The van der Waals surface area contributed by atoms with Crippen LogP contribution in [0.4, 0.5) is 0 Å². The van der Waals surface area contributed by atoms with Crippen molar-refractivity contribution >= 4 is 8.07 Å². The Hall–Kier alpha value is -0.603. The van der Waals surface area contributed by atoms with Crippen molar-refractivity contribution in [3.63, 3.8) is 0 Å². The monoisotopic (exact) mass is 222 g/mol. The van der Waals surface area contributed by atoms with Gasteiger partial charge in [0.25, 0.3) is 0 Å². The summed E-state index contributed by atoms with van der Waals surface area (Å²) in [6.07, 6.45) is 1.16. The van der Waals surface area contributed by atoms with Gasteiger partial charge in [-0.2, -0.15) is 0 Å². The maximum Gasteiger partial charge on any atom is 0.0504 e.